The van der Waals surface area contributed by atoms with Gasteiger partial charge in [-0.05, 0) is 57.0 Å². The lowest BCUT2D eigenvalue weighted by Crippen LogP contribution is -2.56. The van der Waals surface area contributed by atoms with Gasteiger partial charge in [-0.3, -0.25) is 19.3 Å². The first-order valence-corrected chi connectivity index (χ1v) is 11.6. The monoisotopic (exact) mass is 449 g/mol. The number of rotatable bonds is 2. The van der Waals surface area contributed by atoms with Crippen molar-refractivity contribution in [3.63, 3.8) is 0 Å². The number of para-hydroxylation sites is 1. The van der Waals surface area contributed by atoms with E-state index in [2.05, 4.69) is 4.90 Å². The zero-order chi connectivity index (χ0) is 22.4. The van der Waals surface area contributed by atoms with Crippen molar-refractivity contribution in [2.75, 3.05) is 22.9 Å². The van der Waals surface area contributed by atoms with E-state index in [0.717, 1.165) is 29.7 Å². The molecule has 0 aromatic heterocycles. The minimum absolute atomic E-state index is 0.0774. The molecule has 0 aliphatic carbocycles. The summed E-state index contributed by atoms with van der Waals surface area (Å²) in [5.41, 5.74) is 1.92. The van der Waals surface area contributed by atoms with Crippen molar-refractivity contribution in [1.29, 1.82) is 0 Å². The zero-order valence-electron chi connectivity index (χ0n) is 18.0. The highest BCUT2D eigenvalue weighted by Gasteiger charge is 2.75. The number of benzene rings is 2. The van der Waals surface area contributed by atoms with Crippen LogP contribution in [-0.4, -0.2) is 41.8 Å². The van der Waals surface area contributed by atoms with Crippen molar-refractivity contribution in [3.8, 4) is 0 Å². The van der Waals surface area contributed by atoms with Crippen LogP contribution in [0.5, 0.6) is 0 Å². The summed E-state index contributed by atoms with van der Waals surface area (Å²) in [5, 5.41) is 0.472. The number of carbonyl (C=O) groups is 3. The van der Waals surface area contributed by atoms with Crippen LogP contribution in [0.4, 0.5) is 11.4 Å². The third kappa shape index (κ3) is 2.17. The van der Waals surface area contributed by atoms with Crippen LogP contribution in [0.25, 0.3) is 0 Å². The Morgan fingerprint density at radius 2 is 1.84 bits per heavy atom. The molecule has 7 heteroatoms. The molecule has 3 fully saturated rings. The fraction of sp³-hybridized carbons (Fsp3) is 0.400. The predicted octanol–water partition coefficient (Wildman–Crippen LogP) is 3.49. The third-order valence-corrected chi connectivity index (χ3v) is 8.11. The molecule has 4 atom stereocenters. The summed E-state index contributed by atoms with van der Waals surface area (Å²) >= 11 is 6.23. The van der Waals surface area contributed by atoms with Gasteiger partial charge in [-0.2, -0.15) is 0 Å². The lowest BCUT2D eigenvalue weighted by Gasteiger charge is -2.37. The van der Waals surface area contributed by atoms with Gasteiger partial charge in [-0.25, -0.2) is 4.90 Å². The first kappa shape index (κ1) is 19.9. The van der Waals surface area contributed by atoms with E-state index < -0.39 is 17.4 Å². The Morgan fingerprint density at radius 1 is 1.06 bits per heavy atom. The molecule has 4 heterocycles. The SMILES string of the molecule is CCN1C(=O)[C@]2(c3ccccc31)[C@@H]1C(=O)N(c3cc(Cl)ccc3C)C(=O)[C@H]1[C@H]1CCCN12. The van der Waals surface area contributed by atoms with E-state index in [1.165, 1.54) is 4.90 Å². The number of nitrogens with zero attached hydrogens (tertiary/aromatic N) is 3. The number of hydrogen-bond acceptors (Lipinski definition) is 4. The normalized spacial score (nSPS) is 31.1. The molecule has 0 unspecified atom stereocenters. The molecule has 0 radical (unpaired) electrons. The molecule has 3 saturated heterocycles. The molecular weight excluding hydrogens is 426 g/mol. The number of carbonyl (C=O) groups excluding carboxylic acids is 3. The van der Waals surface area contributed by atoms with Gasteiger partial charge in [0.2, 0.25) is 11.8 Å². The Labute approximate surface area is 191 Å². The van der Waals surface area contributed by atoms with Gasteiger partial charge in [-0.1, -0.05) is 35.9 Å². The van der Waals surface area contributed by atoms with Crippen LogP contribution in [0.15, 0.2) is 42.5 Å². The Bertz CT molecular complexity index is 1200. The average Bonchev–Trinajstić information content (AvgIpc) is 3.48. The van der Waals surface area contributed by atoms with Crippen molar-refractivity contribution in [1.82, 2.24) is 4.90 Å². The van der Waals surface area contributed by atoms with Gasteiger partial charge in [-0.15, -0.1) is 0 Å². The average molecular weight is 450 g/mol. The highest BCUT2D eigenvalue weighted by Crippen LogP contribution is 2.61. The second-order valence-electron chi connectivity index (χ2n) is 9.18. The fourth-order valence-corrected chi connectivity index (χ4v) is 6.88. The Balaban J connectivity index is 1.58. The van der Waals surface area contributed by atoms with Crippen LogP contribution < -0.4 is 9.80 Å². The third-order valence-electron chi connectivity index (χ3n) is 7.87. The molecule has 0 saturated carbocycles. The van der Waals surface area contributed by atoms with E-state index in [0.29, 0.717) is 23.8 Å². The molecule has 6 nitrogen and oxygen atoms in total. The maximum Gasteiger partial charge on any atom is 0.253 e. The van der Waals surface area contributed by atoms with Gasteiger partial charge in [0.15, 0.2) is 0 Å². The van der Waals surface area contributed by atoms with Gasteiger partial charge in [0, 0.05) is 28.9 Å². The molecule has 4 aliphatic heterocycles. The summed E-state index contributed by atoms with van der Waals surface area (Å²) in [6, 6.07) is 12.9. The van der Waals surface area contributed by atoms with E-state index in [1.807, 2.05) is 44.2 Å². The number of amides is 3. The Morgan fingerprint density at radius 3 is 2.62 bits per heavy atom. The van der Waals surface area contributed by atoms with Crippen molar-refractivity contribution in [3.05, 3.63) is 58.6 Å². The summed E-state index contributed by atoms with van der Waals surface area (Å²) in [7, 11) is 0. The summed E-state index contributed by atoms with van der Waals surface area (Å²) in [6.07, 6.45) is 1.72. The second-order valence-corrected chi connectivity index (χ2v) is 9.62. The van der Waals surface area contributed by atoms with E-state index in [-0.39, 0.29) is 23.8 Å². The number of anilines is 2. The summed E-state index contributed by atoms with van der Waals surface area (Å²) in [5.74, 6) is -1.84. The molecule has 0 N–H and O–H groups in total. The fourth-order valence-electron chi connectivity index (χ4n) is 6.72. The topological polar surface area (TPSA) is 60.9 Å². The van der Waals surface area contributed by atoms with Gasteiger partial charge in [0.1, 0.15) is 5.54 Å². The maximum atomic E-state index is 14.1. The molecule has 6 rings (SSSR count). The van der Waals surface area contributed by atoms with Crippen molar-refractivity contribution in [2.24, 2.45) is 11.8 Å². The Kier molecular flexibility index (Phi) is 4.15. The summed E-state index contributed by atoms with van der Waals surface area (Å²) in [6.45, 7) is 5.05. The van der Waals surface area contributed by atoms with Gasteiger partial charge in [0.05, 0.1) is 17.5 Å². The molecular formula is C25H24ClN3O3. The number of halogens is 1. The van der Waals surface area contributed by atoms with Crippen LogP contribution in [0, 0.1) is 18.8 Å². The zero-order valence-corrected chi connectivity index (χ0v) is 18.8. The van der Waals surface area contributed by atoms with Gasteiger partial charge < -0.3 is 4.90 Å². The molecule has 2 aromatic rings. The highest BCUT2D eigenvalue weighted by atomic mass is 35.5. The van der Waals surface area contributed by atoms with Gasteiger partial charge in [0.25, 0.3) is 5.91 Å². The second kappa shape index (κ2) is 6.65. The maximum absolute atomic E-state index is 14.1. The standard InChI is InChI=1S/C25H24ClN3O3/c1-3-27-17-8-5-4-7-16(17)25(24(27)32)21-20(18-9-6-12-28(18)25)22(30)29(23(21)31)19-13-15(26)11-10-14(19)2/h4-5,7-8,10-11,13,18,20-21H,3,6,9,12H2,1-2H3/t18-,20+,21+,25+/m1/s1. The number of imide groups is 1. The molecule has 164 valence electrons. The van der Waals surface area contributed by atoms with Crippen LogP contribution in [0.3, 0.4) is 0 Å². The van der Waals surface area contributed by atoms with Gasteiger partial charge >= 0.3 is 0 Å². The number of fused-ring (bicyclic) bond motifs is 7. The smallest absolute Gasteiger partial charge is 0.253 e. The lowest BCUT2D eigenvalue weighted by atomic mass is 9.75. The molecule has 2 aromatic carbocycles. The summed E-state index contributed by atoms with van der Waals surface area (Å²) in [4.78, 5) is 47.3. The molecule has 3 amide bonds. The number of aryl methyl sites for hydroxylation is 1. The van der Waals surface area contributed by atoms with Crippen molar-refractivity contribution in [2.45, 2.75) is 38.3 Å². The van der Waals surface area contributed by atoms with E-state index in [9.17, 15) is 14.4 Å². The first-order valence-electron chi connectivity index (χ1n) is 11.2. The highest BCUT2D eigenvalue weighted by molar-refractivity contribution is 6.32. The number of likely N-dealkylation sites (N-methyl/N-ethyl adjacent to an activating group) is 1. The Hall–Kier alpha value is -2.70. The quantitative estimate of drug-likeness (QED) is 0.658. The predicted molar refractivity (Wildman–Crippen MR) is 122 cm³/mol. The van der Waals surface area contributed by atoms with Crippen LogP contribution >= 0.6 is 11.6 Å². The largest absolute Gasteiger partial charge is 0.310 e. The first-order chi connectivity index (χ1) is 15.4. The minimum atomic E-state index is -1.12. The van der Waals surface area contributed by atoms with Crippen molar-refractivity contribution < 1.29 is 14.4 Å². The lowest BCUT2D eigenvalue weighted by molar-refractivity contribution is -0.137. The summed E-state index contributed by atoms with van der Waals surface area (Å²) < 4.78 is 0. The molecule has 0 bridgehead atoms. The van der Waals surface area contributed by atoms with E-state index >= 15 is 0 Å². The molecule has 4 aliphatic rings. The molecule has 32 heavy (non-hydrogen) atoms. The van der Waals surface area contributed by atoms with E-state index in [1.54, 1.807) is 17.0 Å². The minimum Gasteiger partial charge on any atom is -0.310 e. The van der Waals surface area contributed by atoms with Crippen LogP contribution in [-0.2, 0) is 19.9 Å². The number of hydrogen-bond donors (Lipinski definition) is 0. The van der Waals surface area contributed by atoms with Crippen LogP contribution in [0.1, 0.15) is 30.9 Å². The van der Waals surface area contributed by atoms with Crippen molar-refractivity contribution >= 4 is 40.7 Å². The molecule has 1 spiro atoms. The van der Waals surface area contributed by atoms with E-state index in [4.69, 9.17) is 11.6 Å². The van der Waals surface area contributed by atoms with Crippen LogP contribution in [0.2, 0.25) is 5.02 Å².